The predicted molar refractivity (Wildman–Crippen MR) is 62.5 cm³/mol. The van der Waals surface area contributed by atoms with Crippen molar-refractivity contribution in [1.82, 2.24) is 4.98 Å². The van der Waals surface area contributed by atoms with E-state index < -0.39 is 0 Å². The van der Waals surface area contributed by atoms with E-state index in [2.05, 4.69) is 4.98 Å². The Bertz CT molecular complexity index is 349. The lowest BCUT2D eigenvalue weighted by molar-refractivity contribution is -0.0117. The Morgan fingerprint density at radius 3 is 3.12 bits per heavy atom. The number of nitrogen functional groups attached to an aromatic ring is 1. The number of rotatable bonds is 3. The average Bonchev–Trinajstić information content (AvgIpc) is 2.29. The molecule has 4 heteroatoms. The van der Waals surface area contributed by atoms with Gasteiger partial charge in [-0.15, -0.1) is 0 Å². The number of hydrogen-bond acceptors (Lipinski definition) is 4. The molecule has 0 aliphatic carbocycles. The molecule has 0 amide bonds. The summed E-state index contributed by atoms with van der Waals surface area (Å²) in [5, 5.41) is 0. The molecule has 0 saturated carbocycles. The molecular formula is C12H18N2O2. The summed E-state index contributed by atoms with van der Waals surface area (Å²) < 4.78 is 11.1. The Balaban J connectivity index is 1.88. The van der Waals surface area contributed by atoms with Gasteiger partial charge in [-0.2, -0.15) is 0 Å². The number of nitrogens with zero attached hydrogens (tertiary/aromatic N) is 1. The Hall–Kier alpha value is -1.29. The van der Waals surface area contributed by atoms with Crippen molar-refractivity contribution >= 4 is 5.69 Å². The molecule has 1 atom stereocenters. The number of nitrogens with two attached hydrogens (primary N) is 1. The van der Waals surface area contributed by atoms with Crippen LogP contribution in [-0.2, 0) is 4.74 Å². The van der Waals surface area contributed by atoms with Crippen LogP contribution in [0.2, 0.25) is 0 Å². The van der Waals surface area contributed by atoms with E-state index in [4.69, 9.17) is 15.2 Å². The second-order valence-corrected chi connectivity index (χ2v) is 4.21. The monoisotopic (exact) mass is 222 g/mol. The fraction of sp³-hybridized carbons (Fsp3) is 0.583. The predicted octanol–water partition coefficient (Wildman–Crippen LogP) is 1.92. The van der Waals surface area contributed by atoms with Gasteiger partial charge >= 0.3 is 0 Å². The quantitative estimate of drug-likeness (QED) is 0.848. The van der Waals surface area contributed by atoms with E-state index >= 15 is 0 Å². The lowest BCUT2D eigenvalue weighted by Crippen LogP contribution is -2.26. The summed E-state index contributed by atoms with van der Waals surface area (Å²) in [4.78, 5) is 4.16. The van der Waals surface area contributed by atoms with Crippen LogP contribution in [0.3, 0.4) is 0 Å². The van der Waals surface area contributed by atoms with E-state index in [9.17, 15) is 0 Å². The van der Waals surface area contributed by atoms with Gasteiger partial charge < -0.3 is 15.2 Å². The van der Waals surface area contributed by atoms with Gasteiger partial charge in [0, 0.05) is 12.8 Å². The van der Waals surface area contributed by atoms with Gasteiger partial charge in [0.1, 0.15) is 6.61 Å². The minimum absolute atomic E-state index is 0.191. The highest BCUT2D eigenvalue weighted by atomic mass is 16.5. The van der Waals surface area contributed by atoms with Gasteiger partial charge in [0.05, 0.1) is 11.8 Å². The van der Waals surface area contributed by atoms with Gasteiger partial charge in [-0.3, -0.25) is 0 Å². The van der Waals surface area contributed by atoms with Crippen LogP contribution >= 0.6 is 0 Å². The van der Waals surface area contributed by atoms with Crippen LogP contribution < -0.4 is 10.5 Å². The number of hydrogen-bond donors (Lipinski definition) is 1. The minimum atomic E-state index is 0.191. The van der Waals surface area contributed by atoms with Gasteiger partial charge in [-0.1, -0.05) is 0 Å². The number of anilines is 1. The molecule has 0 radical (unpaired) electrons. The topological polar surface area (TPSA) is 57.4 Å². The first-order valence-electron chi connectivity index (χ1n) is 5.72. The molecule has 4 nitrogen and oxygen atoms in total. The van der Waals surface area contributed by atoms with Gasteiger partial charge in [0.2, 0.25) is 5.88 Å². The van der Waals surface area contributed by atoms with Crippen molar-refractivity contribution in [2.24, 2.45) is 0 Å². The molecule has 16 heavy (non-hydrogen) atoms. The zero-order chi connectivity index (χ0) is 11.4. The lowest BCUT2D eigenvalue weighted by Gasteiger charge is -2.22. The van der Waals surface area contributed by atoms with Crippen molar-refractivity contribution in [3.05, 3.63) is 17.8 Å². The number of aromatic nitrogens is 1. The maximum absolute atomic E-state index is 5.81. The highest BCUT2D eigenvalue weighted by molar-refractivity contribution is 5.49. The Labute approximate surface area is 95.8 Å². The van der Waals surface area contributed by atoms with Crippen molar-refractivity contribution < 1.29 is 9.47 Å². The van der Waals surface area contributed by atoms with Crippen molar-refractivity contribution in [1.29, 1.82) is 0 Å². The Kier molecular flexibility index (Phi) is 3.62. The highest BCUT2D eigenvalue weighted by Gasteiger charge is 2.15. The number of ether oxygens (including phenoxy) is 2. The number of pyridine rings is 1. The second kappa shape index (κ2) is 5.16. The summed E-state index contributed by atoms with van der Waals surface area (Å²) in [5.41, 5.74) is 7.44. The smallest absolute Gasteiger partial charge is 0.237 e. The molecule has 1 saturated heterocycles. The first-order chi connectivity index (χ1) is 7.75. The summed E-state index contributed by atoms with van der Waals surface area (Å²) in [7, 11) is 0. The van der Waals surface area contributed by atoms with E-state index in [1.54, 1.807) is 6.20 Å². The fourth-order valence-electron chi connectivity index (χ4n) is 1.81. The summed E-state index contributed by atoms with van der Waals surface area (Å²) >= 11 is 0. The normalized spacial score (nSPS) is 20.7. The van der Waals surface area contributed by atoms with Crippen molar-refractivity contribution in [2.75, 3.05) is 18.9 Å². The third kappa shape index (κ3) is 2.85. The highest BCUT2D eigenvalue weighted by Crippen LogP contribution is 2.20. The standard InChI is InChI=1S/C12H18N2O2/c1-9-6-11(13)12(14-7-9)16-8-10-4-2-3-5-15-10/h6-7,10H,2-5,8,13H2,1H3. The van der Waals surface area contributed by atoms with Crippen LogP contribution in [0.5, 0.6) is 5.88 Å². The summed E-state index contributed by atoms with van der Waals surface area (Å²) in [6.45, 7) is 3.34. The molecule has 1 fully saturated rings. The molecule has 2 heterocycles. The first kappa shape index (κ1) is 11.2. The van der Waals surface area contributed by atoms with Crippen LogP contribution in [0, 0.1) is 6.92 Å². The molecule has 1 unspecified atom stereocenters. The molecule has 1 aromatic heterocycles. The maximum Gasteiger partial charge on any atom is 0.237 e. The Morgan fingerprint density at radius 1 is 1.56 bits per heavy atom. The van der Waals surface area contributed by atoms with E-state index in [0.29, 0.717) is 18.2 Å². The van der Waals surface area contributed by atoms with E-state index in [1.807, 2.05) is 13.0 Å². The van der Waals surface area contributed by atoms with Crippen molar-refractivity contribution in [3.63, 3.8) is 0 Å². The minimum Gasteiger partial charge on any atom is -0.473 e. The largest absolute Gasteiger partial charge is 0.473 e. The molecule has 88 valence electrons. The molecule has 0 spiro atoms. The summed E-state index contributed by atoms with van der Waals surface area (Å²) in [6, 6.07) is 1.87. The van der Waals surface area contributed by atoms with E-state index in [0.717, 1.165) is 25.0 Å². The second-order valence-electron chi connectivity index (χ2n) is 4.21. The SMILES string of the molecule is Cc1cnc(OCC2CCCCO2)c(N)c1. The van der Waals surface area contributed by atoms with Crippen LogP contribution in [0.25, 0.3) is 0 Å². The van der Waals surface area contributed by atoms with Crippen LogP contribution in [-0.4, -0.2) is 24.3 Å². The van der Waals surface area contributed by atoms with Gasteiger partial charge in [0.15, 0.2) is 0 Å². The zero-order valence-electron chi connectivity index (χ0n) is 9.61. The zero-order valence-corrected chi connectivity index (χ0v) is 9.61. The first-order valence-corrected chi connectivity index (χ1v) is 5.72. The van der Waals surface area contributed by atoms with Crippen LogP contribution in [0.15, 0.2) is 12.3 Å². The van der Waals surface area contributed by atoms with Gasteiger partial charge in [-0.05, 0) is 37.8 Å². The van der Waals surface area contributed by atoms with Crippen LogP contribution in [0.1, 0.15) is 24.8 Å². The average molecular weight is 222 g/mol. The van der Waals surface area contributed by atoms with Crippen LogP contribution in [0.4, 0.5) is 5.69 Å². The van der Waals surface area contributed by atoms with E-state index in [1.165, 1.54) is 6.42 Å². The molecule has 0 bridgehead atoms. The summed E-state index contributed by atoms with van der Waals surface area (Å²) in [5.74, 6) is 0.514. The van der Waals surface area contributed by atoms with Crippen molar-refractivity contribution in [3.8, 4) is 5.88 Å². The molecular weight excluding hydrogens is 204 g/mol. The molecule has 0 aromatic carbocycles. The lowest BCUT2D eigenvalue weighted by atomic mass is 10.1. The number of aryl methyl sites for hydroxylation is 1. The van der Waals surface area contributed by atoms with Crippen molar-refractivity contribution in [2.45, 2.75) is 32.3 Å². The fourth-order valence-corrected chi connectivity index (χ4v) is 1.81. The molecule has 1 aliphatic rings. The van der Waals surface area contributed by atoms with Gasteiger partial charge in [-0.25, -0.2) is 4.98 Å². The molecule has 2 N–H and O–H groups in total. The maximum atomic E-state index is 5.81. The third-order valence-electron chi connectivity index (χ3n) is 2.70. The molecule has 1 aromatic rings. The third-order valence-corrected chi connectivity index (χ3v) is 2.70. The Morgan fingerprint density at radius 2 is 2.44 bits per heavy atom. The molecule has 1 aliphatic heterocycles. The van der Waals surface area contributed by atoms with E-state index in [-0.39, 0.29) is 6.10 Å². The summed E-state index contributed by atoms with van der Waals surface area (Å²) in [6.07, 6.45) is 5.38. The van der Waals surface area contributed by atoms with Gasteiger partial charge in [0.25, 0.3) is 0 Å². The molecule has 2 rings (SSSR count).